The SMILES string of the molecule is CCCCN(CC(=O)N(CCc1c[nH]c2ccccc12)Cc1ccccc1)C(=O)C1CCCC1. The molecule has 2 amide bonds. The number of aromatic nitrogens is 1. The van der Waals surface area contributed by atoms with Gasteiger partial charge in [0.25, 0.3) is 0 Å². The van der Waals surface area contributed by atoms with Gasteiger partial charge in [-0.05, 0) is 42.9 Å². The van der Waals surface area contributed by atoms with E-state index in [1.165, 1.54) is 10.9 Å². The van der Waals surface area contributed by atoms with Crippen LogP contribution in [0.25, 0.3) is 10.9 Å². The predicted molar refractivity (Wildman–Crippen MR) is 137 cm³/mol. The number of nitrogens with zero attached hydrogens (tertiary/aromatic N) is 2. The van der Waals surface area contributed by atoms with E-state index in [1.54, 1.807) is 0 Å². The average molecular weight is 460 g/mol. The highest BCUT2D eigenvalue weighted by Crippen LogP contribution is 2.27. The highest BCUT2D eigenvalue weighted by atomic mass is 16.2. The van der Waals surface area contributed by atoms with Crippen LogP contribution in [0.3, 0.4) is 0 Å². The van der Waals surface area contributed by atoms with Gasteiger partial charge in [-0.3, -0.25) is 9.59 Å². The van der Waals surface area contributed by atoms with Crippen LogP contribution in [-0.4, -0.2) is 46.2 Å². The van der Waals surface area contributed by atoms with E-state index in [1.807, 2.05) is 46.3 Å². The van der Waals surface area contributed by atoms with E-state index in [0.717, 1.165) is 56.0 Å². The fourth-order valence-corrected chi connectivity index (χ4v) is 5.00. The zero-order valence-corrected chi connectivity index (χ0v) is 20.3. The standard InChI is InChI=1S/C29H37N3O2/c1-2-3-18-32(29(34)24-13-7-8-14-24)22-28(33)31(21-23-11-5-4-6-12-23)19-17-25-20-30-27-16-10-9-15-26(25)27/h4-6,9-12,15-16,20,24,30H,2-3,7-8,13-14,17-19,21-22H2,1H3. The minimum Gasteiger partial charge on any atom is -0.361 e. The van der Waals surface area contributed by atoms with Gasteiger partial charge < -0.3 is 14.8 Å². The average Bonchev–Trinajstić information content (AvgIpc) is 3.55. The van der Waals surface area contributed by atoms with Gasteiger partial charge >= 0.3 is 0 Å². The van der Waals surface area contributed by atoms with Gasteiger partial charge in [-0.25, -0.2) is 0 Å². The number of nitrogens with one attached hydrogen (secondary N) is 1. The van der Waals surface area contributed by atoms with E-state index >= 15 is 0 Å². The van der Waals surface area contributed by atoms with Crippen LogP contribution < -0.4 is 0 Å². The van der Waals surface area contributed by atoms with Crippen molar-refractivity contribution in [2.75, 3.05) is 19.6 Å². The number of fused-ring (bicyclic) bond motifs is 1. The Hall–Kier alpha value is -3.08. The molecular weight excluding hydrogens is 422 g/mol. The molecule has 0 unspecified atom stereocenters. The highest BCUT2D eigenvalue weighted by Gasteiger charge is 2.29. The second-order valence-electron chi connectivity index (χ2n) is 9.51. The summed E-state index contributed by atoms with van der Waals surface area (Å²) < 4.78 is 0. The van der Waals surface area contributed by atoms with Crippen LogP contribution >= 0.6 is 0 Å². The van der Waals surface area contributed by atoms with Gasteiger partial charge in [0.1, 0.15) is 0 Å². The molecular formula is C29H37N3O2. The molecule has 1 fully saturated rings. The maximum absolute atomic E-state index is 13.6. The molecule has 0 radical (unpaired) electrons. The lowest BCUT2D eigenvalue weighted by molar-refractivity contribution is -0.143. The molecule has 0 spiro atoms. The number of aromatic amines is 1. The largest absolute Gasteiger partial charge is 0.361 e. The molecule has 1 aliphatic carbocycles. The van der Waals surface area contributed by atoms with E-state index in [2.05, 4.69) is 36.2 Å². The first-order valence-electron chi connectivity index (χ1n) is 12.8. The molecule has 0 atom stereocenters. The van der Waals surface area contributed by atoms with Gasteiger partial charge in [-0.1, -0.05) is 74.7 Å². The summed E-state index contributed by atoms with van der Waals surface area (Å²) in [6.07, 6.45) is 8.93. The lowest BCUT2D eigenvalue weighted by Gasteiger charge is -2.29. The van der Waals surface area contributed by atoms with Gasteiger partial charge in [0, 0.05) is 42.7 Å². The van der Waals surface area contributed by atoms with Crippen LogP contribution in [0.2, 0.25) is 0 Å². The van der Waals surface area contributed by atoms with Crippen LogP contribution in [0.4, 0.5) is 0 Å². The number of hydrogen-bond donors (Lipinski definition) is 1. The molecule has 34 heavy (non-hydrogen) atoms. The summed E-state index contributed by atoms with van der Waals surface area (Å²) in [5, 5.41) is 1.20. The van der Waals surface area contributed by atoms with Gasteiger partial charge in [0.15, 0.2) is 0 Å². The first kappa shape index (κ1) is 24.1. The van der Waals surface area contributed by atoms with Crippen molar-refractivity contribution in [2.45, 2.75) is 58.4 Å². The van der Waals surface area contributed by atoms with E-state index in [4.69, 9.17) is 0 Å². The summed E-state index contributed by atoms with van der Waals surface area (Å²) in [5.41, 5.74) is 3.44. The van der Waals surface area contributed by atoms with Crippen molar-refractivity contribution in [1.82, 2.24) is 14.8 Å². The summed E-state index contributed by atoms with van der Waals surface area (Å²) in [7, 11) is 0. The third-order valence-electron chi connectivity index (χ3n) is 7.02. The maximum Gasteiger partial charge on any atom is 0.242 e. The first-order valence-corrected chi connectivity index (χ1v) is 12.8. The monoisotopic (exact) mass is 459 g/mol. The molecule has 5 heteroatoms. The number of carbonyl (C=O) groups excluding carboxylic acids is 2. The third-order valence-corrected chi connectivity index (χ3v) is 7.02. The molecule has 3 aromatic rings. The molecule has 4 rings (SSSR count). The molecule has 180 valence electrons. The van der Waals surface area contributed by atoms with E-state index in [0.29, 0.717) is 19.6 Å². The van der Waals surface area contributed by atoms with Crippen molar-refractivity contribution in [3.05, 3.63) is 71.9 Å². The molecule has 1 heterocycles. The Morgan fingerprint density at radius 1 is 0.941 bits per heavy atom. The maximum atomic E-state index is 13.6. The number of para-hydroxylation sites is 1. The summed E-state index contributed by atoms with van der Waals surface area (Å²) in [6, 6.07) is 18.4. The van der Waals surface area contributed by atoms with Crippen molar-refractivity contribution < 1.29 is 9.59 Å². The first-order chi connectivity index (χ1) is 16.7. The number of carbonyl (C=O) groups is 2. The Morgan fingerprint density at radius 2 is 1.68 bits per heavy atom. The number of H-pyrrole nitrogens is 1. The molecule has 1 saturated carbocycles. The van der Waals surface area contributed by atoms with Gasteiger partial charge in [0.05, 0.1) is 6.54 Å². The van der Waals surface area contributed by atoms with Gasteiger partial charge in [-0.2, -0.15) is 0 Å². The molecule has 0 bridgehead atoms. The minimum absolute atomic E-state index is 0.0335. The summed E-state index contributed by atoms with van der Waals surface area (Å²) in [4.78, 5) is 33.9. The number of amides is 2. The lowest BCUT2D eigenvalue weighted by atomic mass is 10.1. The van der Waals surface area contributed by atoms with Crippen molar-refractivity contribution in [3.8, 4) is 0 Å². The zero-order chi connectivity index (χ0) is 23.8. The number of benzene rings is 2. The summed E-state index contributed by atoms with van der Waals surface area (Å²) in [5.74, 6) is 0.306. The molecule has 5 nitrogen and oxygen atoms in total. The topological polar surface area (TPSA) is 56.4 Å². The molecule has 0 aliphatic heterocycles. The van der Waals surface area contributed by atoms with E-state index < -0.39 is 0 Å². The molecule has 1 aromatic heterocycles. The van der Waals surface area contributed by atoms with Crippen LogP contribution in [0.1, 0.15) is 56.6 Å². The third kappa shape index (κ3) is 6.07. The smallest absolute Gasteiger partial charge is 0.242 e. The minimum atomic E-state index is 0.0335. The summed E-state index contributed by atoms with van der Waals surface area (Å²) >= 11 is 0. The van der Waals surface area contributed by atoms with Crippen LogP contribution in [0.5, 0.6) is 0 Å². The predicted octanol–water partition coefficient (Wildman–Crippen LogP) is 5.56. The molecule has 1 N–H and O–H groups in total. The van der Waals surface area contributed by atoms with Crippen molar-refractivity contribution in [2.24, 2.45) is 5.92 Å². The summed E-state index contributed by atoms with van der Waals surface area (Å²) in [6.45, 7) is 4.15. The van der Waals surface area contributed by atoms with Gasteiger partial charge in [0.2, 0.25) is 11.8 Å². The van der Waals surface area contributed by atoms with E-state index in [-0.39, 0.29) is 24.3 Å². The second-order valence-corrected chi connectivity index (χ2v) is 9.51. The fourth-order valence-electron chi connectivity index (χ4n) is 5.00. The molecule has 1 aliphatic rings. The van der Waals surface area contributed by atoms with Crippen molar-refractivity contribution in [3.63, 3.8) is 0 Å². The van der Waals surface area contributed by atoms with Crippen molar-refractivity contribution in [1.29, 1.82) is 0 Å². The molecule has 2 aromatic carbocycles. The Balaban J connectivity index is 1.49. The fraction of sp³-hybridized carbons (Fsp3) is 0.448. The number of hydrogen-bond acceptors (Lipinski definition) is 2. The van der Waals surface area contributed by atoms with Crippen LogP contribution in [0, 0.1) is 5.92 Å². The Morgan fingerprint density at radius 3 is 2.44 bits per heavy atom. The normalized spacial score (nSPS) is 13.9. The van der Waals surface area contributed by atoms with Crippen LogP contribution in [0.15, 0.2) is 60.8 Å². The second kappa shape index (κ2) is 11.9. The Bertz CT molecular complexity index is 1070. The zero-order valence-electron chi connectivity index (χ0n) is 20.3. The molecule has 0 saturated heterocycles. The van der Waals surface area contributed by atoms with E-state index in [9.17, 15) is 9.59 Å². The number of unbranched alkanes of at least 4 members (excludes halogenated alkanes) is 1. The van der Waals surface area contributed by atoms with Crippen molar-refractivity contribution >= 4 is 22.7 Å². The lowest BCUT2D eigenvalue weighted by Crippen LogP contribution is -2.45. The van der Waals surface area contributed by atoms with Crippen LogP contribution in [-0.2, 0) is 22.6 Å². The Labute approximate surface area is 203 Å². The highest BCUT2D eigenvalue weighted by molar-refractivity contribution is 5.86. The quantitative estimate of drug-likeness (QED) is 0.408. The Kier molecular flexibility index (Phi) is 8.40. The van der Waals surface area contributed by atoms with Gasteiger partial charge in [-0.15, -0.1) is 0 Å². The number of rotatable bonds is 11.